The molecule has 1 saturated carbocycles. The molecule has 1 aliphatic rings. The van der Waals surface area contributed by atoms with Crippen LogP contribution in [-0.4, -0.2) is 27.0 Å². The van der Waals surface area contributed by atoms with E-state index < -0.39 is 21.8 Å². The monoisotopic (exact) mass is 379 g/mol. The van der Waals surface area contributed by atoms with Crippen molar-refractivity contribution in [3.8, 4) is 0 Å². The van der Waals surface area contributed by atoms with Crippen LogP contribution in [0, 0.1) is 5.92 Å². The first-order chi connectivity index (χ1) is 11.6. The average Bonchev–Trinajstić information content (AvgIpc) is 2.55. The van der Waals surface area contributed by atoms with Crippen molar-refractivity contribution in [2.75, 3.05) is 6.61 Å². The van der Waals surface area contributed by atoms with Crippen molar-refractivity contribution in [3.05, 3.63) is 29.8 Å². The molecule has 9 heteroatoms. The van der Waals surface area contributed by atoms with E-state index in [0.717, 1.165) is 24.3 Å². The van der Waals surface area contributed by atoms with E-state index >= 15 is 0 Å². The van der Waals surface area contributed by atoms with Crippen molar-refractivity contribution in [2.45, 2.75) is 49.7 Å². The number of ether oxygens (including phenoxy) is 1. The van der Waals surface area contributed by atoms with Crippen LogP contribution < -0.4 is 4.72 Å². The molecular formula is C16H20F3NO4S. The Morgan fingerprint density at radius 2 is 1.72 bits per heavy atom. The van der Waals surface area contributed by atoms with E-state index in [9.17, 15) is 26.4 Å². The van der Waals surface area contributed by atoms with Gasteiger partial charge in [0, 0.05) is 6.04 Å². The molecule has 0 radical (unpaired) electrons. The largest absolute Gasteiger partial charge is 0.466 e. The Hall–Kier alpha value is -1.61. The van der Waals surface area contributed by atoms with Crippen LogP contribution >= 0.6 is 0 Å². The zero-order valence-electron chi connectivity index (χ0n) is 13.7. The first-order valence-electron chi connectivity index (χ1n) is 7.99. The van der Waals surface area contributed by atoms with E-state index in [1.54, 1.807) is 6.92 Å². The summed E-state index contributed by atoms with van der Waals surface area (Å²) in [5, 5.41) is 0. The van der Waals surface area contributed by atoms with E-state index in [4.69, 9.17) is 4.74 Å². The number of benzene rings is 1. The first kappa shape index (κ1) is 19.7. The fraction of sp³-hybridized carbons (Fsp3) is 0.562. The second-order valence-corrected chi connectivity index (χ2v) is 7.66. The minimum absolute atomic E-state index is 0.215. The maximum Gasteiger partial charge on any atom is 0.416 e. The summed E-state index contributed by atoms with van der Waals surface area (Å²) in [4.78, 5) is 11.5. The van der Waals surface area contributed by atoms with Crippen LogP contribution in [0.5, 0.6) is 0 Å². The highest BCUT2D eigenvalue weighted by molar-refractivity contribution is 7.89. The summed E-state index contributed by atoms with van der Waals surface area (Å²) in [7, 11) is -3.90. The number of halogens is 3. The number of carbonyl (C=O) groups excluding carboxylic acids is 1. The van der Waals surface area contributed by atoms with E-state index in [1.807, 2.05) is 0 Å². The number of alkyl halides is 3. The molecule has 0 unspecified atom stereocenters. The van der Waals surface area contributed by atoms with Gasteiger partial charge in [-0.25, -0.2) is 13.1 Å². The van der Waals surface area contributed by atoms with Crippen LogP contribution in [0.3, 0.4) is 0 Å². The second kappa shape index (κ2) is 7.74. The molecule has 0 spiro atoms. The van der Waals surface area contributed by atoms with Gasteiger partial charge < -0.3 is 4.74 Å². The van der Waals surface area contributed by atoms with Gasteiger partial charge in [0.25, 0.3) is 0 Å². The number of esters is 1. The van der Waals surface area contributed by atoms with E-state index in [0.29, 0.717) is 32.3 Å². The molecule has 0 aromatic heterocycles. The quantitative estimate of drug-likeness (QED) is 0.798. The molecule has 0 bridgehead atoms. The van der Waals surface area contributed by atoms with Gasteiger partial charge in [0.05, 0.1) is 23.0 Å². The molecule has 2 rings (SSSR count). The van der Waals surface area contributed by atoms with Gasteiger partial charge in [-0.2, -0.15) is 13.2 Å². The number of hydrogen-bond acceptors (Lipinski definition) is 4. The minimum atomic E-state index is -4.51. The summed E-state index contributed by atoms with van der Waals surface area (Å²) in [5.74, 6) is -0.502. The van der Waals surface area contributed by atoms with Crippen LogP contribution in [0.1, 0.15) is 38.2 Å². The van der Waals surface area contributed by atoms with Crippen molar-refractivity contribution < 1.29 is 31.1 Å². The summed E-state index contributed by atoms with van der Waals surface area (Å²) in [5.41, 5.74) is -0.901. The van der Waals surface area contributed by atoms with Crippen LogP contribution in [0.25, 0.3) is 0 Å². The normalized spacial score (nSPS) is 21.8. The van der Waals surface area contributed by atoms with Gasteiger partial charge in [0.1, 0.15) is 0 Å². The molecule has 1 fully saturated rings. The van der Waals surface area contributed by atoms with Crippen molar-refractivity contribution in [1.29, 1.82) is 0 Å². The van der Waals surface area contributed by atoms with Crippen molar-refractivity contribution in [1.82, 2.24) is 4.72 Å². The Bertz CT molecular complexity index is 693. The molecule has 140 valence electrons. The number of rotatable bonds is 5. The topological polar surface area (TPSA) is 72.5 Å². The molecule has 0 heterocycles. The summed E-state index contributed by atoms with van der Waals surface area (Å²) in [6.07, 6.45) is -2.54. The maximum absolute atomic E-state index is 12.5. The summed E-state index contributed by atoms with van der Waals surface area (Å²) in [6.45, 7) is 2.03. The average molecular weight is 379 g/mol. The molecule has 0 atom stereocenters. The molecule has 5 nitrogen and oxygen atoms in total. The van der Waals surface area contributed by atoms with Crippen molar-refractivity contribution in [3.63, 3.8) is 0 Å². The lowest BCUT2D eigenvalue weighted by molar-refractivity contribution is -0.149. The molecule has 1 aliphatic carbocycles. The summed E-state index contributed by atoms with van der Waals surface area (Å²) >= 11 is 0. The fourth-order valence-electron chi connectivity index (χ4n) is 2.82. The maximum atomic E-state index is 12.5. The van der Waals surface area contributed by atoms with Gasteiger partial charge >= 0.3 is 12.1 Å². The molecule has 1 N–H and O–H groups in total. The Kier molecular flexibility index (Phi) is 6.10. The molecule has 0 amide bonds. The van der Waals surface area contributed by atoms with Crippen LogP contribution in [0.15, 0.2) is 29.2 Å². The lowest BCUT2D eigenvalue weighted by atomic mass is 9.86. The third-order valence-corrected chi connectivity index (χ3v) is 5.70. The number of nitrogens with one attached hydrogen (secondary N) is 1. The van der Waals surface area contributed by atoms with E-state index in [1.165, 1.54) is 0 Å². The fourth-order valence-corrected chi connectivity index (χ4v) is 4.12. The predicted molar refractivity (Wildman–Crippen MR) is 84.1 cm³/mol. The standard InChI is InChI=1S/C16H20F3NO4S/c1-2-24-15(21)11-3-7-13(8-4-11)20-25(22,23)14-9-5-12(6-10-14)16(17,18)19/h5-6,9-11,13,20H,2-4,7-8H2,1H3. The van der Waals surface area contributed by atoms with E-state index in [-0.39, 0.29) is 22.8 Å². The molecule has 25 heavy (non-hydrogen) atoms. The van der Waals surface area contributed by atoms with E-state index in [2.05, 4.69) is 4.72 Å². The molecule has 1 aromatic carbocycles. The second-order valence-electron chi connectivity index (χ2n) is 5.94. The predicted octanol–water partition coefficient (Wildman–Crippen LogP) is 3.11. The Morgan fingerprint density at radius 3 is 2.20 bits per heavy atom. The van der Waals surface area contributed by atoms with Crippen molar-refractivity contribution in [2.24, 2.45) is 5.92 Å². The van der Waals surface area contributed by atoms with Gasteiger partial charge in [0.2, 0.25) is 10.0 Å². The number of sulfonamides is 1. The van der Waals surface area contributed by atoms with Gasteiger partial charge in [-0.3, -0.25) is 4.79 Å². The first-order valence-corrected chi connectivity index (χ1v) is 9.48. The summed E-state index contributed by atoms with van der Waals surface area (Å²) < 4.78 is 69.7. The number of hydrogen-bond donors (Lipinski definition) is 1. The zero-order valence-corrected chi connectivity index (χ0v) is 14.5. The zero-order chi connectivity index (χ0) is 18.7. The van der Waals surface area contributed by atoms with Gasteiger partial charge in [-0.1, -0.05) is 0 Å². The molecule has 0 saturated heterocycles. The molecule has 1 aromatic rings. The number of carbonyl (C=O) groups is 1. The highest BCUT2D eigenvalue weighted by Crippen LogP contribution is 2.30. The third kappa shape index (κ3) is 5.18. The minimum Gasteiger partial charge on any atom is -0.466 e. The van der Waals surface area contributed by atoms with Crippen molar-refractivity contribution >= 4 is 16.0 Å². The smallest absolute Gasteiger partial charge is 0.416 e. The summed E-state index contributed by atoms with van der Waals surface area (Å²) in [6, 6.07) is 3.02. The van der Waals surface area contributed by atoms with Gasteiger partial charge in [0.15, 0.2) is 0 Å². The lowest BCUT2D eigenvalue weighted by Crippen LogP contribution is -2.39. The Labute approximate surface area is 144 Å². The van der Waals surface area contributed by atoms with Crippen LogP contribution in [-0.2, 0) is 25.7 Å². The molecule has 0 aliphatic heterocycles. The SMILES string of the molecule is CCOC(=O)C1CCC(NS(=O)(=O)c2ccc(C(F)(F)F)cc2)CC1. The third-order valence-electron chi connectivity index (χ3n) is 4.16. The lowest BCUT2D eigenvalue weighted by Gasteiger charge is -2.27. The highest BCUT2D eigenvalue weighted by atomic mass is 32.2. The van der Waals surface area contributed by atoms with Gasteiger partial charge in [-0.05, 0) is 56.9 Å². The Morgan fingerprint density at radius 1 is 1.16 bits per heavy atom. The molecular weight excluding hydrogens is 359 g/mol. The van der Waals surface area contributed by atoms with Gasteiger partial charge in [-0.15, -0.1) is 0 Å². The van der Waals surface area contributed by atoms with Crippen LogP contribution in [0.2, 0.25) is 0 Å². The Balaban J connectivity index is 1.97. The van der Waals surface area contributed by atoms with Crippen LogP contribution in [0.4, 0.5) is 13.2 Å². The highest BCUT2D eigenvalue weighted by Gasteiger charge is 2.32.